The molecule has 0 fully saturated rings. The van der Waals surface area contributed by atoms with Gasteiger partial charge < -0.3 is 10.4 Å². The fourth-order valence-electron chi connectivity index (χ4n) is 1.33. The Hall–Kier alpha value is -2.43. The van der Waals surface area contributed by atoms with Crippen LogP contribution in [0.3, 0.4) is 0 Å². The van der Waals surface area contributed by atoms with Gasteiger partial charge in [0.05, 0.1) is 11.9 Å². The lowest BCUT2D eigenvalue weighted by Crippen LogP contribution is -2.01. The van der Waals surface area contributed by atoms with Crippen LogP contribution in [-0.2, 0) is 0 Å². The lowest BCUT2D eigenvalue weighted by Gasteiger charge is -2.06. The number of hydrogen-bond acceptors (Lipinski definition) is 4. The Morgan fingerprint density at radius 1 is 1.24 bits per heavy atom. The van der Waals surface area contributed by atoms with Gasteiger partial charge in [-0.25, -0.2) is 9.78 Å². The molecule has 2 rings (SSSR count). The zero-order valence-corrected chi connectivity index (χ0v) is 9.21. The third-order valence-electron chi connectivity index (χ3n) is 2.18. The van der Waals surface area contributed by atoms with Gasteiger partial charge in [-0.2, -0.15) is 0 Å². The number of nitrogens with one attached hydrogen (secondary N) is 1. The van der Waals surface area contributed by atoms with E-state index in [1.165, 1.54) is 12.3 Å². The van der Waals surface area contributed by atoms with Crippen LogP contribution in [0.5, 0.6) is 0 Å². The molecule has 0 aliphatic heterocycles. The number of carboxylic acid groups (broad SMARTS) is 1. The lowest BCUT2D eigenvalue weighted by molar-refractivity contribution is 0.0690. The molecule has 86 valence electrons. The molecule has 0 saturated heterocycles. The maximum absolute atomic E-state index is 10.7. The van der Waals surface area contributed by atoms with E-state index < -0.39 is 5.97 Å². The van der Waals surface area contributed by atoms with Gasteiger partial charge in [-0.3, -0.25) is 4.98 Å². The summed E-state index contributed by atoms with van der Waals surface area (Å²) in [4.78, 5) is 18.6. The molecule has 0 radical (unpaired) electrons. The molecule has 0 bridgehead atoms. The van der Waals surface area contributed by atoms with Crippen molar-refractivity contribution in [2.45, 2.75) is 6.92 Å². The van der Waals surface area contributed by atoms with E-state index in [9.17, 15) is 4.79 Å². The Balaban J connectivity index is 2.21. The van der Waals surface area contributed by atoms with Gasteiger partial charge in [0.2, 0.25) is 0 Å². The summed E-state index contributed by atoms with van der Waals surface area (Å²) < 4.78 is 0. The van der Waals surface area contributed by atoms with Crippen molar-refractivity contribution in [1.29, 1.82) is 0 Å². The van der Waals surface area contributed by atoms with Crippen molar-refractivity contribution < 1.29 is 9.90 Å². The van der Waals surface area contributed by atoms with Crippen molar-refractivity contribution in [2.75, 3.05) is 5.32 Å². The van der Waals surface area contributed by atoms with Crippen molar-refractivity contribution in [3.05, 3.63) is 48.0 Å². The van der Waals surface area contributed by atoms with E-state index in [1.807, 2.05) is 19.1 Å². The van der Waals surface area contributed by atoms with Gasteiger partial charge in [-0.15, -0.1) is 0 Å². The van der Waals surface area contributed by atoms with E-state index in [1.54, 1.807) is 12.3 Å². The molecule has 5 heteroatoms. The maximum atomic E-state index is 10.7. The third-order valence-corrected chi connectivity index (χ3v) is 2.18. The number of anilines is 2. The summed E-state index contributed by atoms with van der Waals surface area (Å²) in [6.07, 6.45) is 3.14. The number of carbonyl (C=O) groups is 1. The highest BCUT2D eigenvalue weighted by Crippen LogP contribution is 2.15. The first-order valence-electron chi connectivity index (χ1n) is 5.04. The summed E-state index contributed by atoms with van der Waals surface area (Å²) >= 11 is 0. The van der Waals surface area contributed by atoms with Gasteiger partial charge in [0, 0.05) is 17.6 Å². The van der Waals surface area contributed by atoms with Crippen LogP contribution in [0.4, 0.5) is 11.4 Å². The molecular weight excluding hydrogens is 218 g/mol. The van der Waals surface area contributed by atoms with Gasteiger partial charge in [0.25, 0.3) is 0 Å². The second-order valence-electron chi connectivity index (χ2n) is 3.55. The molecule has 0 amide bonds. The smallest absolute Gasteiger partial charge is 0.354 e. The highest BCUT2D eigenvalue weighted by Gasteiger charge is 2.04. The van der Waals surface area contributed by atoms with E-state index >= 15 is 0 Å². The molecule has 5 nitrogen and oxygen atoms in total. The molecule has 0 aromatic carbocycles. The number of pyridine rings is 2. The van der Waals surface area contributed by atoms with Gasteiger partial charge >= 0.3 is 5.97 Å². The number of carboxylic acids is 1. The summed E-state index contributed by atoms with van der Waals surface area (Å²) in [6, 6.07) is 6.93. The van der Waals surface area contributed by atoms with Gasteiger partial charge in [-0.05, 0) is 31.2 Å². The van der Waals surface area contributed by atoms with Crippen LogP contribution < -0.4 is 5.32 Å². The summed E-state index contributed by atoms with van der Waals surface area (Å²) in [5.74, 6) is -1.05. The first-order chi connectivity index (χ1) is 8.15. The van der Waals surface area contributed by atoms with E-state index in [0.717, 1.165) is 11.4 Å². The summed E-state index contributed by atoms with van der Waals surface area (Å²) in [5.41, 5.74) is 2.41. The molecule has 0 saturated carbocycles. The normalized spacial score (nSPS) is 9.94. The van der Waals surface area contributed by atoms with Crippen LogP contribution in [0.25, 0.3) is 0 Å². The minimum atomic E-state index is -1.05. The zero-order valence-electron chi connectivity index (χ0n) is 9.21. The molecule has 0 aliphatic rings. The number of aromatic carboxylic acids is 1. The van der Waals surface area contributed by atoms with Gasteiger partial charge in [-0.1, -0.05) is 0 Å². The van der Waals surface area contributed by atoms with Crippen molar-refractivity contribution in [3.63, 3.8) is 0 Å². The predicted molar refractivity (Wildman–Crippen MR) is 63.5 cm³/mol. The monoisotopic (exact) mass is 229 g/mol. The van der Waals surface area contributed by atoms with E-state index in [4.69, 9.17) is 5.11 Å². The van der Waals surface area contributed by atoms with Crippen LogP contribution in [0.15, 0.2) is 36.7 Å². The highest BCUT2D eigenvalue weighted by molar-refractivity contribution is 5.86. The van der Waals surface area contributed by atoms with Crippen molar-refractivity contribution in [2.24, 2.45) is 0 Å². The molecule has 2 N–H and O–H groups in total. The fraction of sp³-hybridized carbons (Fsp3) is 0.0833. The van der Waals surface area contributed by atoms with Crippen LogP contribution in [0.1, 0.15) is 16.2 Å². The van der Waals surface area contributed by atoms with Gasteiger partial charge in [0.15, 0.2) is 0 Å². The molecule has 17 heavy (non-hydrogen) atoms. The first kappa shape index (κ1) is 11.1. The highest BCUT2D eigenvalue weighted by atomic mass is 16.4. The molecule has 0 unspecified atom stereocenters. The molecular formula is C12H11N3O2. The first-order valence-corrected chi connectivity index (χ1v) is 5.04. The molecule has 2 heterocycles. The third kappa shape index (κ3) is 2.78. The Morgan fingerprint density at radius 3 is 2.71 bits per heavy atom. The number of aryl methyl sites for hydroxylation is 1. The Labute approximate surface area is 98.2 Å². The second-order valence-corrected chi connectivity index (χ2v) is 3.55. The molecule has 0 spiro atoms. The molecule has 2 aromatic rings. The number of hydrogen-bond donors (Lipinski definition) is 2. The van der Waals surface area contributed by atoms with Crippen LogP contribution >= 0.6 is 0 Å². The van der Waals surface area contributed by atoms with Crippen LogP contribution in [0.2, 0.25) is 0 Å². The SMILES string of the molecule is Cc1ccc(Nc2ccnc(C(=O)O)c2)cn1. The molecule has 0 atom stereocenters. The minimum Gasteiger partial charge on any atom is -0.477 e. The van der Waals surface area contributed by atoms with Crippen LogP contribution in [0, 0.1) is 6.92 Å². The average Bonchev–Trinajstić information content (AvgIpc) is 2.32. The number of rotatable bonds is 3. The Bertz CT molecular complexity index is 538. The summed E-state index contributed by atoms with van der Waals surface area (Å²) in [5, 5.41) is 11.9. The number of aromatic nitrogens is 2. The average molecular weight is 229 g/mol. The predicted octanol–water partition coefficient (Wildman–Crippen LogP) is 2.23. The van der Waals surface area contributed by atoms with E-state index in [2.05, 4.69) is 15.3 Å². The van der Waals surface area contributed by atoms with Crippen molar-refractivity contribution in [3.8, 4) is 0 Å². The van der Waals surface area contributed by atoms with Crippen molar-refractivity contribution >= 4 is 17.3 Å². The Kier molecular flexibility index (Phi) is 3.00. The standard InChI is InChI=1S/C12H11N3O2/c1-8-2-3-10(7-14-8)15-9-4-5-13-11(6-9)12(16)17/h2-7H,1H3,(H,13,15)(H,16,17). The Morgan fingerprint density at radius 2 is 2.06 bits per heavy atom. The summed E-state index contributed by atoms with van der Waals surface area (Å²) in [6.45, 7) is 1.90. The second kappa shape index (κ2) is 4.61. The van der Waals surface area contributed by atoms with E-state index in [-0.39, 0.29) is 5.69 Å². The maximum Gasteiger partial charge on any atom is 0.354 e. The fourth-order valence-corrected chi connectivity index (χ4v) is 1.33. The van der Waals surface area contributed by atoms with Gasteiger partial charge in [0.1, 0.15) is 5.69 Å². The summed E-state index contributed by atoms with van der Waals surface area (Å²) in [7, 11) is 0. The molecule has 0 aliphatic carbocycles. The van der Waals surface area contributed by atoms with Crippen molar-refractivity contribution in [1.82, 2.24) is 9.97 Å². The minimum absolute atomic E-state index is 0.00932. The molecule has 2 aromatic heterocycles. The number of nitrogens with zero attached hydrogens (tertiary/aromatic N) is 2. The van der Waals surface area contributed by atoms with Crippen LogP contribution in [-0.4, -0.2) is 21.0 Å². The lowest BCUT2D eigenvalue weighted by atomic mass is 10.3. The van der Waals surface area contributed by atoms with E-state index in [0.29, 0.717) is 5.69 Å². The zero-order chi connectivity index (χ0) is 12.3. The largest absolute Gasteiger partial charge is 0.477 e. The quantitative estimate of drug-likeness (QED) is 0.844. The topological polar surface area (TPSA) is 75.1 Å².